The molecule has 2 rings (SSSR count). The van der Waals surface area contributed by atoms with Crippen molar-refractivity contribution in [2.24, 2.45) is 0 Å². The van der Waals surface area contributed by atoms with E-state index in [1.165, 1.54) is 13.2 Å². The van der Waals surface area contributed by atoms with E-state index in [-0.39, 0.29) is 39.1 Å². The summed E-state index contributed by atoms with van der Waals surface area (Å²) in [5.74, 6) is -11.8. The lowest BCUT2D eigenvalue weighted by Crippen LogP contribution is -2.51. The Morgan fingerprint density at radius 2 is 1.63 bits per heavy atom. The first-order valence-electron chi connectivity index (χ1n) is 13.2. The molecule has 8 nitrogen and oxygen atoms in total. The van der Waals surface area contributed by atoms with Gasteiger partial charge in [-0.2, -0.15) is 30.7 Å². The second-order valence-corrected chi connectivity index (χ2v) is 9.36. The number of carboxylic acids is 1. The number of carbonyl (C=O) groups is 2. The van der Waals surface area contributed by atoms with E-state index in [1.54, 1.807) is 49.4 Å². The van der Waals surface area contributed by atoms with Gasteiger partial charge in [0.1, 0.15) is 18.1 Å². The highest BCUT2D eigenvalue weighted by atomic mass is 19.4. The molecule has 0 aliphatic rings. The zero-order valence-electron chi connectivity index (χ0n) is 23.4. The van der Waals surface area contributed by atoms with Crippen molar-refractivity contribution in [1.82, 2.24) is 4.90 Å². The van der Waals surface area contributed by atoms with E-state index in [9.17, 15) is 45.4 Å². The number of anilines is 1. The molecule has 0 bridgehead atoms. The highest BCUT2D eigenvalue weighted by molar-refractivity contribution is 5.89. The van der Waals surface area contributed by atoms with Crippen molar-refractivity contribution in [3.8, 4) is 11.5 Å². The number of ether oxygens (including phenoxy) is 3. The predicted octanol–water partition coefficient (Wildman–Crippen LogP) is 6.64. The first-order chi connectivity index (χ1) is 20.1. The number of amides is 2. The average molecular weight is 627 g/mol. The lowest BCUT2D eigenvalue weighted by atomic mass is 10.0. The van der Waals surface area contributed by atoms with Gasteiger partial charge in [-0.3, -0.25) is 0 Å². The van der Waals surface area contributed by atoms with E-state index in [1.807, 2.05) is 0 Å². The van der Waals surface area contributed by atoms with Crippen molar-refractivity contribution >= 4 is 17.7 Å². The molecule has 1 atom stereocenters. The molecule has 2 aromatic carbocycles. The Labute approximate surface area is 243 Å². The molecule has 0 spiro atoms. The number of unbranched alkanes of at least 4 members (excludes halogenated alkanes) is 1. The number of aliphatic carboxylic acids is 1. The van der Waals surface area contributed by atoms with E-state index >= 15 is 0 Å². The number of nitrogens with zero attached hydrogens (tertiary/aromatic N) is 1. The summed E-state index contributed by atoms with van der Waals surface area (Å²) in [6, 6.07) is 12.0. The van der Waals surface area contributed by atoms with Crippen LogP contribution in [0.3, 0.4) is 0 Å². The number of benzene rings is 2. The van der Waals surface area contributed by atoms with Crippen LogP contribution in [0.15, 0.2) is 48.5 Å². The quantitative estimate of drug-likeness (QED) is 0.151. The van der Waals surface area contributed by atoms with Gasteiger partial charge in [0.05, 0.1) is 13.7 Å². The van der Waals surface area contributed by atoms with Gasteiger partial charge in [-0.1, -0.05) is 18.2 Å². The van der Waals surface area contributed by atoms with Crippen LogP contribution in [0.4, 0.5) is 41.2 Å². The van der Waals surface area contributed by atoms with Crippen molar-refractivity contribution in [1.29, 1.82) is 0 Å². The van der Waals surface area contributed by atoms with Gasteiger partial charge in [0.2, 0.25) is 0 Å². The second-order valence-electron chi connectivity index (χ2n) is 9.36. The summed E-state index contributed by atoms with van der Waals surface area (Å²) < 4.78 is 107. The van der Waals surface area contributed by atoms with Crippen LogP contribution in [0.5, 0.6) is 11.5 Å². The molecule has 0 radical (unpaired) electrons. The molecule has 0 heterocycles. The fraction of sp³-hybridized carbons (Fsp3) is 0.500. The van der Waals surface area contributed by atoms with E-state index in [0.29, 0.717) is 22.7 Å². The topological polar surface area (TPSA) is 97.3 Å². The molecule has 0 aliphatic heterocycles. The second kappa shape index (κ2) is 15.6. The van der Waals surface area contributed by atoms with Gasteiger partial charge in [0.15, 0.2) is 6.10 Å². The highest BCUT2D eigenvalue weighted by Crippen LogP contribution is 2.48. The Kier molecular flexibility index (Phi) is 12.9. The van der Waals surface area contributed by atoms with Crippen LogP contribution in [0, 0.1) is 0 Å². The molecule has 1 unspecified atom stereocenters. The molecule has 0 aromatic heterocycles. The van der Waals surface area contributed by atoms with E-state index in [2.05, 4.69) is 5.32 Å². The van der Waals surface area contributed by atoms with Gasteiger partial charge in [-0.05, 0) is 49.6 Å². The fourth-order valence-corrected chi connectivity index (χ4v) is 3.86. The third-order valence-electron chi connectivity index (χ3n) is 6.21. The van der Waals surface area contributed by atoms with Crippen LogP contribution in [0.2, 0.25) is 0 Å². The lowest BCUT2D eigenvalue weighted by molar-refractivity contribution is -0.355. The number of nitrogens with one attached hydrogen (secondary N) is 1. The van der Waals surface area contributed by atoms with E-state index < -0.39 is 49.0 Å². The Balaban J connectivity index is 2.02. The lowest BCUT2D eigenvalue weighted by Gasteiger charge is -2.28. The number of rotatable bonds is 17. The number of alkyl halides is 7. The summed E-state index contributed by atoms with van der Waals surface area (Å²) in [7, 11) is 1.42. The summed E-state index contributed by atoms with van der Waals surface area (Å²) in [5.41, 5.74) is 0.995. The maximum Gasteiger partial charge on any atom is 0.459 e. The average Bonchev–Trinajstić information content (AvgIpc) is 2.94. The van der Waals surface area contributed by atoms with Crippen LogP contribution < -0.4 is 14.8 Å². The molecular formula is C28H33F7N2O6. The van der Waals surface area contributed by atoms with Gasteiger partial charge in [0.25, 0.3) is 0 Å². The SMILES string of the molecule is CCOC(Cc1ccc(OCCN(CCCCC(F)(F)C(F)(F)C(F)(F)F)C(=O)Nc2cccc(OC)c2)cc1)C(=O)O. The molecular weight excluding hydrogens is 593 g/mol. The number of urea groups is 1. The molecule has 2 aromatic rings. The van der Waals surface area contributed by atoms with Crippen molar-refractivity contribution in [2.45, 2.75) is 56.7 Å². The predicted molar refractivity (Wildman–Crippen MR) is 142 cm³/mol. The first kappa shape index (κ1) is 35.4. The molecule has 240 valence electrons. The van der Waals surface area contributed by atoms with E-state index in [0.717, 1.165) is 4.90 Å². The number of hydrogen-bond donors (Lipinski definition) is 2. The third kappa shape index (κ3) is 10.5. The largest absolute Gasteiger partial charge is 0.497 e. The number of methoxy groups -OCH3 is 1. The third-order valence-corrected chi connectivity index (χ3v) is 6.21. The van der Waals surface area contributed by atoms with Gasteiger partial charge < -0.3 is 29.5 Å². The van der Waals surface area contributed by atoms with Crippen LogP contribution in [0.1, 0.15) is 31.7 Å². The normalized spacial score (nSPS) is 12.9. The van der Waals surface area contributed by atoms with E-state index in [4.69, 9.17) is 14.2 Å². The summed E-state index contributed by atoms with van der Waals surface area (Å²) in [5, 5.41) is 11.8. The fourth-order valence-electron chi connectivity index (χ4n) is 3.86. The van der Waals surface area contributed by atoms with Gasteiger partial charge in [0, 0.05) is 37.7 Å². The highest BCUT2D eigenvalue weighted by Gasteiger charge is 2.72. The minimum atomic E-state index is -6.41. The molecule has 0 saturated heterocycles. The summed E-state index contributed by atoms with van der Waals surface area (Å²) in [4.78, 5) is 25.4. The summed E-state index contributed by atoms with van der Waals surface area (Å²) >= 11 is 0. The van der Waals surface area contributed by atoms with Crippen LogP contribution in [0.25, 0.3) is 0 Å². The van der Waals surface area contributed by atoms with Gasteiger partial charge in [-0.15, -0.1) is 0 Å². The van der Waals surface area contributed by atoms with Crippen molar-refractivity contribution < 1.29 is 59.6 Å². The van der Waals surface area contributed by atoms with Crippen molar-refractivity contribution in [3.05, 3.63) is 54.1 Å². The Bertz CT molecular complexity index is 1180. The zero-order chi connectivity index (χ0) is 32.3. The number of hydrogen-bond acceptors (Lipinski definition) is 5. The standard InChI is InChI=1S/C28H33F7N2O6/c1-3-42-23(24(38)39)17-19-9-11-21(12-10-19)43-16-15-37(25(40)36-20-7-6-8-22(18-20)41-2)14-5-4-13-26(29,30)27(31,32)28(33,34)35/h6-12,18,23H,3-5,13-17H2,1-2H3,(H,36,40)(H,38,39). The molecule has 0 fully saturated rings. The smallest absolute Gasteiger partial charge is 0.459 e. The molecule has 2 N–H and O–H groups in total. The van der Waals surface area contributed by atoms with Crippen molar-refractivity contribution in [3.63, 3.8) is 0 Å². The summed E-state index contributed by atoms with van der Waals surface area (Å²) in [6.07, 6.45) is -10.1. The Hall–Kier alpha value is -3.75. The van der Waals surface area contributed by atoms with Crippen LogP contribution in [-0.2, 0) is 16.0 Å². The maximum absolute atomic E-state index is 13.7. The Morgan fingerprint density at radius 1 is 0.953 bits per heavy atom. The number of carbonyl (C=O) groups excluding carboxylic acids is 1. The Morgan fingerprint density at radius 3 is 2.21 bits per heavy atom. The molecule has 0 aliphatic carbocycles. The van der Waals surface area contributed by atoms with Crippen molar-refractivity contribution in [2.75, 3.05) is 38.7 Å². The number of carboxylic acid groups (broad SMARTS) is 1. The summed E-state index contributed by atoms with van der Waals surface area (Å²) in [6.45, 7) is 1.46. The zero-order valence-corrected chi connectivity index (χ0v) is 23.4. The minimum Gasteiger partial charge on any atom is -0.497 e. The molecule has 15 heteroatoms. The maximum atomic E-state index is 13.7. The van der Waals surface area contributed by atoms with Gasteiger partial charge in [-0.25, -0.2) is 9.59 Å². The minimum absolute atomic E-state index is 0.0934. The van der Waals surface area contributed by atoms with Gasteiger partial charge >= 0.3 is 30.0 Å². The first-order valence-corrected chi connectivity index (χ1v) is 13.2. The van der Waals surface area contributed by atoms with Crippen LogP contribution in [-0.4, -0.2) is 79.5 Å². The number of halogens is 7. The molecule has 0 saturated carbocycles. The molecule has 2 amide bonds. The molecule has 43 heavy (non-hydrogen) atoms. The monoisotopic (exact) mass is 626 g/mol. The van der Waals surface area contributed by atoms with Crippen LogP contribution >= 0.6 is 0 Å².